The Morgan fingerprint density at radius 1 is 1.14 bits per heavy atom. The van der Waals surface area contributed by atoms with Crippen LogP contribution in [0.3, 0.4) is 0 Å². The van der Waals surface area contributed by atoms with Crippen molar-refractivity contribution in [3.63, 3.8) is 0 Å². The molecule has 7 nitrogen and oxygen atoms in total. The Morgan fingerprint density at radius 2 is 1.86 bits per heavy atom. The number of ketones is 1. The second-order valence-corrected chi connectivity index (χ2v) is 4.70. The molecule has 0 fully saturated rings. The van der Waals surface area contributed by atoms with E-state index in [9.17, 15) is 9.59 Å². The van der Waals surface area contributed by atoms with Crippen LogP contribution >= 0.6 is 0 Å². The summed E-state index contributed by atoms with van der Waals surface area (Å²) in [6.45, 7) is 3.30. The lowest BCUT2D eigenvalue weighted by Crippen LogP contribution is -2.11. The van der Waals surface area contributed by atoms with Gasteiger partial charge in [-0.1, -0.05) is 0 Å². The summed E-state index contributed by atoms with van der Waals surface area (Å²) in [5, 5.41) is 4.07. The van der Waals surface area contributed by atoms with Gasteiger partial charge in [0.05, 0.1) is 0 Å². The lowest BCUT2D eigenvalue weighted by molar-refractivity contribution is 0.0722. The molecule has 0 bridgehead atoms. The van der Waals surface area contributed by atoms with Crippen LogP contribution < -0.4 is 4.74 Å². The third-order valence-electron chi connectivity index (χ3n) is 3.08. The van der Waals surface area contributed by atoms with Crippen molar-refractivity contribution >= 4 is 17.5 Å². The van der Waals surface area contributed by atoms with E-state index in [0.717, 1.165) is 5.69 Å². The first-order valence-corrected chi connectivity index (χ1v) is 6.56. The number of fused-ring (bicyclic) bond motifs is 1. The van der Waals surface area contributed by atoms with Crippen LogP contribution in [0.25, 0.3) is 5.78 Å². The van der Waals surface area contributed by atoms with E-state index in [2.05, 4.69) is 15.1 Å². The maximum atomic E-state index is 12.1. The fraction of sp³-hybridized carbons (Fsp3) is 0.133. The van der Waals surface area contributed by atoms with Gasteiger partial charge in [-0.25, -0.2) is 14.3 Å². The average Bonchev–Trinajstić information content (AvgIpc) is 2.93. The first-order valence-electron chi connectivity index (χ1n) is 6.56. The molecule has 1 aromatic carbocycles. The summed E-state index contributed by atoms with van der Waals surface area (Å²) in [6, 6.07) is 8.04. The zero-order valence-corrected chi connectivity index (χ0v) is 12.0. The summed E-state index contributed by atoms with van der Waals surface area (Å²) in [7, 11) is 0. The average molecular weight is 296 g/mol. The quantitative estimate of drug-likeness (QED) is 0.416. The number of nitrogens with zero attached hydrogens (tertiary/aromatic N) is 4. The van der Waals surface area contributed by atoms with E-state index in [1.54, 1.807) is 36.5 Å². The molecule has 0 saturated carbocycles. The molecule has 0 radical (unpaired) electrons. The fourth-order valence-corrected chi connectivity index (χ4v) is 1.90. The molecule has 0 aliphatic carbocycles. The van der Waals surface area contributed by atoms with Gasteiger partial charge < -0.3 is 4.74 Å². The maximum Gasteiger partial charge on any atom is 0.383 e. The summed E-state index contributed by atoms with van der Waals surface area (Å²) in [4.78, 5) is 31.3. The Morgan fingerprint density at radius 3 is 2.50 bits per heavy atom. The molecule has 0 aliphatic heterocycles. The van der Waals surface area contributed by atoms with E-state index < -0.39 is 5.97 Å². The first-order chi connectivity index (χ1) is 10.5. The van der Waals surface area contributed by atoms with Gasteiger partial charge in [-0.3, -0.25) is 4.79 Å². The van der Waals surface area contributed by atoms with Gasteiger partial charge in [-0.15, -0.1) is 5.10 Å². The molecule has 0 saturated heterocycles. The van der Waals surface area contributed by atoms with Crippen molar-refractivity contribution in [2.75, 3.05) is 0 Å². The topological polar surface area (TPSA) is 86.5 Å². The molecule has 3 rings (SSSR count). The maximum absolute atomic E-state index is 12.1. The molecule has 22 heavy (non-hydrogen) atoms. The van der Waals surface area contributed by atoms with E-state index in [4.69, 9.17) is 4.74 Å². The highest BCUT2D eigenvalue weighted by atomic mass is 16.5. The Labute approximate surface area is 125 Å². The third-order valence-corrected chi connectivity index (χ3v) is 3.08. The van der Waals surface area contributed by atoms with Crippen LogP contribution in [0, 0.1) is 6.92 Å². The second-order valence-electron chi connectivity index (χ2n) is 4.70. The molecule has 0 atom stereocenters. The zero-order valence-electron chi connectivity index (χ0n) is 12.0. The zero-order chi connectivity index (χ0) is 15.7. The molecule has 0 amide bonds. The molecule has 0 unspecified atom stereocenters. The molecule has 0 spiro atoms. The first kappa shape index (κ1) is 13.9. The fourth-order valence-electron chi connectivity index (χ4n) is 1.90. The lowest BCUT2D eigenvalue weighted by atomic mass is 10.1. The van der Waals surface area contributed by atoms with Gasteiger partial charge in [-0.2, -0.15) is 4.98 Å². The molecule has 110 valence electrons. The van der Waals surface area contributed by atoms with Crippen molar-refractivity contribution in [1.82, 2.24) is 19.6 Å². The number of aromatic nitrogens is 4. The number of carbonyl (C=O) groups is 2. The Hall–Kier alpha value is -3.09. The molecule has 3 aromatic rings. The van der Waals surface area contributed by atoms with Crippen LogP contribution in [0.15, 0.2) is 36.5 Å². The lowest BCUT2D eigenvalue weighted by Gasteiger charge is -2.02. The molecule has 0 N–H and O–H groups in total. The largest absolute Gasteiger partial charge is 0.421 e. The van der Waals surface area contributed by atoms with Gasteiger partial charge in [0.25, 0.3) is 11.6 Å². The number of benzene rings is 1. The molecule has 2 aromatic heterocycles. The van der Waals surface area contributed by atoms with Crippen LogP contribution in [-0.4, -0.2) is 31.3 Å². The van der Waals surface area contributed by atoms with Gasteiger partial charge in [0.1, 0.15) is 5.75 Å². The molecule has 7 heteroatoms. The minimum atomic E-state index is -0.680. The van der Waals surface area contributed by atoms with Gasteiger partial charge in [0.15, 0.2) is 5.78 Å². The van der Waals surface area contributed by atoms with Crippen molar-refractivity contribution in [1.29, 1.82) is 0 Å². The summed E-state index contributed by atoms with van der Waals surface area (Å²) in [5.41, 5.74) is 1.35. The minimum Gasteiger partial charge on any atom is -0.421 e. The second kappa shape index (κ2) is 5.36. The van der Waals surface area contributed by atoms with Crippen LogP contribution in [0.2, 0.25) is 0 Å². The predicted octanol–water partition coefficient (Wildman–Crippen LogP) is 1.85. The number of ether oxygens (including phenoxy) is 1. The molecule has 2 heterocycles. The van der Waals surface area contributed by atoms with Crippen LogP contribution in [0.1, 0.15) is 33.6 Å². The van der Waals surface area contributed by atoms with Crippen LogP contribution in [-0.2, 0) is 0 Å². The summed E-state index contributed by atoms with van der Waals surface area (Å²) < 4.78 is 6.66. The Kier molecular flexibility index (Phi) is 3.38. The van der Waals surface area contributed by atoms with Gasteiger partial charge in [-0.05, 0) is 44.2 Å². The van der Waals surface area contributed by atoms with E-state index in [1.807, 2.05) is 6.92 Å². The summed E-state index contributed by atoms with van der Waals surface area (Å²) in [6.07, 6.45) is 1.59. The van der Waals surface area contributed by atoms with Gasteiger partial charge in [0.2, 0.25) is 0 Å². The number of aryl methyl sites for hydroxylation is 1. The number of carbonyl (C=O) groups excluding carboxylic acids is 2. The van der Waals surface area contributed by atoms with Crippen molar-refractivity contribution in [3.05, 3.63) is 53.6 Å². The Balaban J connectivity index is 1.83. The summed E-state index contributed by atoms with van der Waals surface area (Å²) in [5.74, 6) is -0.156. The third kappa shape index (κ3) is 2.56. The summed E-state index contributed by atoms with van der Waals surface area (Å²) >= 11 is 0. The molecular weight excluding hydrogens is 284 g/mol. The number of rotatable bonds is 3. The highest BCUT2D eigenvalue weighted by Gasteiger charge is 2.16. The number of esters is 1. The van der Waals surface area contributed by atoms with E-state index in [1.165, 1.54) is 11.4 Å². The highest BCUT2D eigenvalue weighted by Crippen LogP contribution is 2.14. The van der Waals surface area contributed by atoms with E-state index in [0.29, 0.717) is 17.1 Å². The van der Waals surface area contributed by atoms with Crippen LogP contribution in [0.4, 0.5) is 0 Å². The van der Waals surface area contributed by atoms with Crippen molar-refractivity contribution in [2.24, 2.45) is 0 Å². The predicted molar refractivity (Wildman–Crippen MR) is 76.9 cm³/mol. The van der Waals surface area contributed by atoms with Crippen molar-refractivity contribution in [2.45, 2.75) is 13.8 Å². The molecule has 0 aliphatic rings. The number of hydrogen-bond donors (Lipinski definition) is 0. The number of Topliss-reactive ketones (excluding diaryl/α,β-unsaturated/α-hetero) is 1. The minimum absolute atomic E-state index is 0.0542. The molecular formula is C15H12N4O3. The highest BCUT2D eigenvalue weighted by molar-refractivity contribution is 5.94. The van der Waals surface area contributed by atoms with Gasteiger partial charge in [0, 0.05) is 17.5 Å². The normalized spacial score (nSPS) is 10.6. The van der Waals surface area contributed by atoms with E-state index >= 15 is 0 Å². The SMILES string of the molecule is CC(=O)c1ccc(OC(=O)c2nc3nccc(C)n3n2)cc1. The van der Waals surface area contributed by atoms with Gasteiger partial charge >= 0.3 is 5.97 Å². The van der Waals surface area contributed by atoms with Crippen molar-refractivity contribution in [3.8, 4) is 5.75 Å². The Bertz CT molecular complexity index is 868. The smallest absolute Gasteiger partial charge is 0.383 e. The monoisotopic (exact) mass is 296 g/mol. The van der Waals surface area contributed by atoms with Crippen LogP contribution in [0.5, 0.6) is 5.75 Å². The van der Waals surface area contributed by atoms with Crippen molar-refractivity contribution < 1.29 is 14.3 Å². The van der Waals surface area contributed by atoms with E-state index in [-0.39, 0.29) is 11.6 Å². The standard InChI is InChI=1S/C15H12N4O3/c1-9-7-8-16-15-17-13(18-19(9)15)14(21)22-12-5-3-11(4-6-12)10(2)20/h3-8H,1-2H3. The number of hydrogen-bond acceptors (Lipinski definition) is 6.